The van der Waals surface area contributed by atoms with Crippen molar-refractivity contribution in [3.63, 3.8) is 0 Å². The molecule has 0 unspecified atom stereocenters. The van der Waals surface area contributed by atoms with Crippen LogP contribution < -0.4 is 4.74 Å². The largest absolute Gasteiger partial charge is 0.453 e. The lowest BCUT2D eigenvalue weighted by Crippen LogP contribution is -2.17. The summed E-state index contributed by atoms with van der Waals surface area (Å²) in [6.45, 7) is -2.34. The number of nitrogens with zero attached hydrogens (tertiary/aromatic N) is 1. The minimum Gasteiger partial charge on any atom is -0.453 e. The summed E-state index contributed by atoms with van der Waals surface area (Å²) in [5, 5.41) is 11.0. The number of rotatable bonds is 7. The summed E-state index contributed by atoms with van der Waals surface area (Å²) >= 11 is 5.73. The summed E-state index contributed by atoms with van der Waals surface area (Å²) in [7, 11) is 0. The van der Waals surface area contributed by atoms with E-state index in [-0.39, 0.29) is 16.3 Å². The fourth-order valence-corrected chi connectivity index (χ4v) is 2.35. The van der Waals surface area contributed by atoms with Gasteiger partial charge < -0.3 is 9.47 Å². The molecule has 0 radical (unpaired) electrons. The van der Waals surface area contributed by atoms with Gasteiger partial charge in [0.25, 0.3) is 5.69 Å². The van der Waals surface area contributed by atoms with Crippen molar-refractivity contribution in [1.29, 1.82) is 0 Å². The maximum absolute atomic E-state index is 12.5. The number of Topliss-reactive ketones (excluding diaryl/α,β-unsaturated/α-hetero) is 1. The molecule has 7 nitrogen and oxygen atoms in total. The number of hydrogen-bond acceptors (Lipinski definition) is 6. The number of ketones is 1. The quantitative estimate of drug-likeness (QED) is 0.299. The van der Waals surface area contributed by atoms with E-state index in [0.29, 0.717) is 5.56 Å². The minimum absolute atomic E-state index is 0.0604. The molecular formula is C17H12ClF2NO6. The van der Waals surface area contributed by atoms with E-state index in [1.54, 1.807) is 6.92 Å². The molecule has 0 aliphatic heterocycles. The van der Waals surface area contributed by atoms with Gasteiger partial charge in [0.05, 0.1) is 10.5 Å². The SMILES string of the molecule is Cc1ccc(OC(F)F)c(C(=O)COC(=O)c2cc(Cl)ccc2[N+](=O)[O-])c1. The monoisotopic (exact) mass is 399 g/mol. The lowest BCUT2D eigenvalue weighted by molar-refractivity contribution is -0.385. The van der Waals surface area contributed by atoms with Gasteiger partial charge in [-0.05, 0) is 31.2 Å². The molecule has 0 aromatic heterocycles. The molecule has 0 N–H and O–H groups in total. The van der Waals surface area contributed by atoms with Crippen LogP contribution in [0, 0.1) is 17.0 Å². The number of carbonyl (C=O) groups excluding carboxylic acids is 2. The highest BCUT2D eigenvalue weighted by molar-refractivity contribution is 6.31. The molecule has 2 aromatic rings. The Bertz CT molecular complexity index is 903. The Morgan fingerprint density at radius 3 is 2.52 bits per heavy atom. The Labute approximate surface area is 156 Å². The summed E-state index contributed by atoms with van der Waals surface area (Å²) in [4.78, 5) is 34.5. The van der Waals surface area contributed by atoms with Crippen molar-refractivity contribution in [3.05, 3.63) is 68.2 Å². The molecule has 27 heavy (non-hydrogen) atoms. The summed E-state index contributed by atoms with van der Waals surface area (Å²) in [5.41, 5.74) is -0.594. The molecule has 0 bridgehead atoms. The van der Waals surface area contributed by atoms with Gasteiger partial charge in [0, 0.05) is 11.1 Å². The van der Waals surface area contributed by atoms with E-state index in [0.717, 1.165) is 12.1 Å². The first kappa shape index (κ1) is 20.2. The molecule has 2 aromatic carbocycles. The van der Waals surface area contributed by atoms with Crippen LogP contribution in [-0.4, -0.2) is 29.9 Å². The number of benzene rings is 2. The van der Waals surface area contributed by atoms with Gasteiger partial charge in [-0.15, -0.1) is 0 Å². The fourth-order valence-electron chi connectivity index (χ4n) is 2.18. The smallest absolute Gasteiger partial charge is 0.387 e. The third kappa shape index (κ3) is 5.20. The van der Waals surface area contributed by atoms with Crippen LogP contribution in [0.25, 0.3) is 0 Å². The van der Waals surface area contributed by atoms with E-state index < -0.39 is 41.1 Å². The van der Waals surface area contributed by atoms with Crippen molar-refractivity contribution in [2.45, 2.75) is 13.5 Å². The summed E-state index contributed by atoms with van der Waals surface area (Å²) in [6, 6.07) is 7.24. The van der Waals surface area contributed by atoms with Gasteiger partial charge in [0.2, 0.25) is 5.78 Å². The van der Waals surface area contributed by atoms with Crippen LogP contribution in [0.5, 0.6) is 5.75 Å². The Morgan fingerprint density at radius 2 is 1.89 bits per heavy atom. The molecule has 0 spiro atoms. The zero-order chi connectivity index (χ0) is 20.1. The van der Waals surface area contributed by atoms with Gasteiger partial charge in [0.1, 0.15) is 11.3 Å². The number of aryl methyl sites for hydroxylation is 1. The van der Waals surface area contributed by atoms with Crippen molar-refractivity contribution in [2.75, 3.05) is 6.61 Å². The topological polar surface area (TPSA) is 95.7 Å². The van der Waals surface area contributed by atoms with E-state index in [4.69, 9.17) is 16.3 Å². The fraction of sp³-hybridized carbons (Fsp3) is 0.176. The molecule has 0 heterocycles. The van der Waals surface area contributed by atoms with Gasteiger partial charge >= 0.3 is 12.6 Å². The number of alkyl halides is 2. The first-order chi connectivity index (χ1) is 12.7. The molecule has 0 saturated heterocycles. The van der Waals surface area contributed by atoms with Crippen molar-refractivity contribution < 1.29 is 32.8 Å². The predicted molar refractivity (Wildman–Crippen MR) is 90.5 cm³/mol. The van der Waals surface area contributed by atoms with E-state index in [2.05, 4.69) is 4.74 Å². The highest BCUT2D eigenvalue weighted by Crippen LogP contribution is 2.25. The standard InChI is InChI=1S/C17H12ClF2NO6/c1-9-2-5-15(27-17(19)20)12(6-9)14(22)8-26-16(23)11-7-10(18)3-4-13(11)21(24)25/h2-7,17H,8H2,1H3. The number of hydrogen-bond donors (Lipinski definition) is 0. The zero-order valence-electron chi connectivity index (χ0n) is 13.8. The van der Waals surface area contributed by atoms with E-state index in [1.165, 1.54) is 24.3 Å². The van der Waals surface area contributed by atoms with Crippen LogP contribution >= 0.6 is 11.6 Å². The molecule has 0 aliphatic rings. The Kier molecular flexibility index (Phi) is 6.40. The second-order valence-electron chi connectivity index (χ2n) is 5.30. The van der Waals surface area contributed by atoms with E-state index in [1.807, 2.05) is 0 Å². The molecule has 0 saturated carbocycles. The Hall–Kier alpha value is -3.07. The normalized spacial score (nSPS) is 10.6. The van der Waals surface area contributed by atoms with Gasteiger partial charge in [-0.1, -0.05) is 23.2 Å². The number of halogens is 3. The molecule has 0 atom stereocenters. The van der Waals surface area contributed by atoms with Crippen molar-refractivity contribution >= 4 is 29.0 Å². The number of nitro groups is 1. The predicted octanol–water partition coefficient (Wildman–Crippen LogP) is 4.20. The van der Waals surface area contributed by atoms with Gasteiger partial charge in [-0.3, -0.25) is 14.9 Å². The molecule has 0 amide bonds. The lowest BCUT2D eigenvalue weighted by Gasteiger charge is -2.11. The summed E-state index contributed by atoms with van der Waals surface area (Å²) < 4.78 is 34.0. The number of esters is 1. The van der Waals surface area contributed by atoms with Crippen molar-refractivity contribution in [1.82, 2.24) is 0 Å². The molecule has 0 aliphatic carbocycles. The van der Waals surface area contributed by atoms with E-state index >= 15 is 0 Å². The number of carbonyl (C=O) groups is 2. The van der Waals surface area contributed by atoms with Crippen LogP contribution in [0.1, 0.15) is 26.3 Å². The first-order valence-corrected chi connectivity index (χ1v) is 7.76. The molecule has 2 rings (SSSR count). The number of nitro benzene ring substituents is 1. The average Bonchev–Trinajstić information content (AvgIpc) is 2.60. The minimum atomic E-state index is -3.14. The lowest BCUT2D eigenvalue weighted by atomic mass is 10.1. The van der Waals surface area contributed by atoms with Crippen LogP contribution in [0.15, 0.2) is 36.4 Å². The Balaban J connectivity index is 2.19. The molecular weight excluding hydrogens is 388 g/mol. The highest BCUT2D eigenvalue weighted by atomic mass is 35.5. The second-order valence-corrected chi connectivity index (χ2v) is 5.73. The Morgan fingerprint density at radius 1 is 1.19 bits per heavy atom. The third-order valence-corrected chi connectivity index (χ3v) is 3.60. The molecule has 0 fully saturated rings. The van der Waals surface area contributed by atoms with Crippen LogP contribution in [0.3, 0.4) is 0 Å². The third-order valence-electron chi connectivity index (χ3n) is 3.36. The van der Waals surface area contributed by atoms with Gasteiger partial charge in [-0.25, -0.2) is 4.79 Å². The highest BCUT2D eigenvalue weighted by Gasteiger charge is 2.24. The van der Waals surface area contributed by atoms with Crippen molar-refractivity contribution in [3.8, 4) is 5.75 Å². The maximum Gasteiger partial charge on any atom is 0.387 e. The maximum atomic E-state index is 12.5. The summed E-state index contributed by atoms with van der Waals surface area (Å²) in [6.07, 6.45) is 0. The molecule has 142 valence electrons. The summed E-state index contributed by atoms with van der Waals surface area (Å²) in [5.74, 6) is -2.33. The molecule has 10 heteroatoms. The number of ether oxygens (including phenoxy) is 2. The van der Waals surface area contributed by atoms with E-state index in [9.17, 15) is 28.5 Å². The average molecular weight is 400 g/mol. The van der Waals surface area contributed by atoms with Gasteiger partial charge in [-0.2, -0.15) is 8.78 Å². The zero-order valence-corrected chi connectivity index (χ0v) is 14.5. The first-order valence-electron chi connectivity index (χ1n) is 7.38. The second kappa shape index (κ2) is 8.54. The van der Waals surface area contributed by atoms with Crippen LogP contribution in [-0.2, 0) is 4.74 Å². The van der Waals surface area contributed by atoms with Gasteiger partial charge in [0.15, 0.2) is 6.61 Å². The van der Waals surface area contributed by atoms with Crippen LogP contribution in [0.4, 0.5) is 14.5 Å². The van der Waals surface area contributed by atoms with Crippen LogP contribution in [0.2, 0.25) is 5.02 Å². The van der Waals surface area contributed by atoms with Crippen molar-refractivity contribution in [2.24, 2.45) is 0 Å².